The molecule has 0 aromatic heterocycles. The highest BCUT2D eigenvalue weighted by atomic mass is 14.7. The molecule has 1 fully saturated rings. The summed E-state index contributed by atoms with van der Waals surface area (Å²) in [6, 6.07) is 0.361. The van der Waals surface area contributed by atoms with Crippen LogP contribution in [0.3, 0.4) is 0 Å². The van der Waals surface area contributed by atoms with Crippen LogP contribution in [0.2, 0.25) is 0 Å². The van der Waals surface area contributed by atoms with Gasteiger partial charge in [-0.1, -0.05) is 6.92 Å². The van der Waals surface area contributed by atoms with Crippen LogP contribution in [0.1, 0.15) is 26.2 Å². The molecule has 10 heavy (non-hydrogen) atoms. The van der Waals surface area contributed by atoms with Crippen molar-refractivity contribution in [3.8, 4) is 0 Å². The fourth-order valence-corrected chi connectivity index (χ4v) is 1.45. The van der Waals surface area contributed by atoms with Crippen molar-refractivity contribution in [2.75, 3.05) is 6.54 Å². The number of rotatable bonds is 4. The lowest BCUT2D eigenvalue weighted by Gasteiger charge is -2.07. The molecule has 0 aromatic carbocycles. The van der Waals surface area contributed by atoms with E-state index in [1.165, 1.54) is 12.8 Å². The molecule has 3 unspecified atom stereocenters. The van der Waals surface area contributed by atoms with Gasteiger partial charge in [-0.2, -0.15) is 0 Å². The van der Waals surface area contributed by atoms with E-state index in [4.69, 9.17) is 11.5 Å². The summed E-state index contributed by atoms with van der Waals surface area (Å²) in [7, 11) is 0. The Hall–Kier alpha value is -0.0800. The summed E-state index contributed by atoms with van der Waals surface area (Å²) in [5.74, 6) is 1.85. The third-order valence-electron chi connectivity index (χ3n) is 2.42. The van der Waals surface area contributed by atoms with Crippen LogP contribution in [0.25, 0.3) is 0 Å². The SMILES string of the molecule is CC1CC1CC(N)CCN. The predicted octanol–water partition coefficient (Wildman–Crippen LogP) is 0.709. The van der Waals surface area contributed by atoms with Gasteiger partial charge in [-0.3, -0.25) is 0 Å². The monoisotopic (exact) mass is 142 g/mol. The third-order valence-corrected chi connectivity index (χ3v) is 2.42. The largest absolute Gasteiger partial charge is 0.330 e. The molecule has 0 aliphatic heterocycles. The number of hydrogen-bond donors (Lipinski definition) is 2. The second-order valence-corrected chi connectivity index (χ2v) is 3.55. The van der Waals surface area contributed by atoms with Crippen LogP contribution in [0.15, 0.2) is 0 Å². The molecular weight excluding hydrogens is 124 g/mol. The molecule has 0 heterocycles. The summed E-state index contributed by atoms with van der Waals surface area (Å²) in [6.07, 6.45) is 3.57. The molecule has 3 atom stereocenters. The van der Waals surface area contributed by atoms with E-state index in [2.05, 4.69) is 6.92 Å². The molecule has 2 nitrogen and oxygen atoms in total. The normalized spacial score (nSPS) is 33.9. The molecule has 0 spiro atoms. The molecule has 0 bridgehead atoms. The predicted molar refractivity (Wildman–Crippen MR) is 43.5 cm³/mol. The van der Waals surface area contributed by atoms with E-state index in [0.717, 1.165) is 24.8 Å². The van der Waals surface area contributed by atoms with Crippen molar-refractivity contribution in [2.45, 2.75) is 32.2 Å². The first kappa shape index (κ1) is 8.02. The molecule has 0 saturated heterocycles. The van der Waals surface area contributed by atoms with Crippen molar-refractivity contribution in [2.24, 2.45) is 23.3 Å². The van der Waals surface area contributed by atoms with Gasteiger partial charge < -0.3 is 11.5 Å². The molecule has 0 amide bonds. The van der Waals surface area contributed by atoms with Crippen molar-refractivity contribution in [1.82, 2.24) is 0 Å². The fourth-order valence-electron chi connectivity index (χ4n) is 1.45. The Labute approximate surface area is 63.0 Å². The van der Waals surface area contributed by atoms with Gasteiger partial charge in [-0.25, -0.2) is 0 Å². The molecular formula is C8H18N2. The van der Waals surface area contributed by atoms with E-state index >= 15 is 0 Å². The van der Waals surface area contributed by atoms with Gasteiger partial charge in [-0.05, 0) is 37.6 Å². The van der Waals surface area contributed by atoms with Gasteiger partial charge in [0.05, 0.1) is 0 Å². The molecule has 1 saturated carbocycles. The zero-order valence-corrected chi connectivity index (χ0v) is 6.72. The van der Waals surface area contributed by atoms with Crippen molar-refractivity contribution in [3.05, 3.63) is 0 Å². The van der Waals surface area contributed by atoms with Crippen molar-refractivity contribution >= 4 is 0 Å². The molecule has 2 heteroatoms. The van der Waals surface area contributed by atoms with Gasteiger partial charge in [0.15, 0.2) is 0 Å². The van der Waals surface area contributed by atoms with Gasteiger partial charge in [-0.15, -0.1) is 0 Å². The Morgan fingerprint density at radius 3 is 2.60 bits per heavy atom. The van der Waals surface area contributed by atoms with Crippen LogP contribution in [0, 0.1) is 11.8 Å². The molecule has 0 aromatic rings. The van der Waals surface area contributed by atoms with E-state index in [1.807, 2.05) is 0 Å². The highest BCUT2D eigenvalue weighted by Gasteiger charge is 2.33. The quantitative estimate of drug-likeness (QED) is 0.607. The highest BCUT2D eigenvalue weighted by Crippen LogP contribution is 2.41. The summed E-state index contributed by atoms with van der Waals surface area (Å²) < 4.78 is 0. The fraction of sp³-hybridized carbons (Fsp3) is 1.00. The first-order chi connectivity index (χ1) is 4.74. The van der Waals surface area contributed by atoms with Crippen LogP contribution in [0.4, 0.5) is 0 Å². The molecule has 1 aliphatic rings. The number of nitrogens with two attached hydrogens (primary N) is 2. The van der Waals surface area contributed by atoms with Crippen LogP contribution in [-0.4, -0.2) is 12.6 Å². The van der Waals surface area contributed by atoms with E-state index in [9.17, 15) is 0 Å². The minimum Gasteiger partial charge on any atom is -0.330 e. The first-order valence-corrected chi connectivity index (χ1v) is 4.19. The summed E-state index contributed by atoms with van der Waals surface area (Å²) in [5, 5.41) is 0. The zero-order chi connectivity index (χ0) is 7.56. The van der Waals surface area contributed by atoms with Gasteiger partial charge in [0.2, 0.25) is 0 Å². The summed E-state index contributed by atoms with van der Waals surface area (Å²) in [4.78, 5) is 0. The Morgan fingerprint density at radius 1 is 1.60 bits per heavy atom. The average Bonchev–Trinajstić information content (AvgIpc) is 2.47. The van der Waals surface area contributed by atoms with Crippen LogP contribution in [-0.2, 0) is 0 Å². The van der Waals surface area contributed by atoms with E-state index < -0.39 is 0 Å². The van der Waals surface area contributed by atoms with Gasteiger partial charge in [0.1, 0.15) is 0 Å². The maximum atomic E-state index is 5.81. The minimum absolute atomic E-state index is 0.361. The topological polar surface area (TPSA) is 52.0 Å². The van der Waals surface area contributed by atoms with Crippen molar-refractivity contribution in [1.29, 1.82) is 0 Å². The molecule has 1 rings (SSSR count). The number of hydrogen-bond acceptors (Lipinski definition) is 2. The standard InChI is InChI=1S/C8H18N2/c1-6-4-7(6)5-8(10)2-3-9/h6-8H,2-5,9-10H2,1H3. The lowest BCUT2D eigenvalue weighted by atomic mass is 10.1. The first-order valence-electron chi connectivity index (χ1n) is 4.19. The molecule has 1 aliphatic carbocycles. The van der Waals surface area contributed by atoms with Crippen LogP contribution < -0.4 is 11.5 Å². The lowest BCUT2D eigenvalue weighted by molar-refractivity contribution is 0.523. The molecule has 60 valence electrons. The van der Waals surface area contributed by atoms with Gasteiger partial charge in [0, 0.05) is 6.04 Å². The van der Waals surface area contributed by atoms with Crippen LogP contribution in [0.5, 0.6) is 0 Å². The molecule has 0 radical (unpaired) electrons. The summed E-state index contributed by atoms with van der Waals surface area (Å²) in [5.41, 5.74) is 11.2. The third kappa shape index (κ3) is 2.27. The second kappa shape index (κ2) is 3.35. The van der Waals surface area contributed by atoms with Crippen molar-refractivity contribution < 1.29 is 0 Å². The van der Waals surface area contributed by atoms with E-state index in [1.54, 1.807) is 0 Å². The Morgan fingerprint density at radius 2 is 2.20 bits per heavy atom. The highest BCUT2D eigenvalue weighted by molar-refractivity contribution is 4.85. The second-order valence-electron chi connectivity index (χ2n) is 3.55. The summed E-state index contributed by atoms with van der Waals surface area (Å²) >= 11 is 0. The lowest BCUT2D eigenvalue weighted by Crippen LogP contribution is -2.24. The smallest absolute Gasteiger partial charge is 0.00535 e. The Bertz CT molecular complexity index is 103. The van der Waals surface area contributed by atoms with Gasteiger partial charge >= 0.3 is 0 Å². The van der Waals surface area contributed by atoms with Gasteiger partial charge in [0.25, 0.3) is 0 Å². The van der Waals surface area contributed by atoms with Crippen LogP contribution >= 0.6 is 0 Å². The Balaban J connectivity index is 2.01. The van der Waals surface area contributed by atoms with E-state index in [0.29, 0.717) is 6.04 Å². The zero-order valence-electron chi connectivity index (χ0n) is 6.72. The Kier molecular flexibility index (Phi) is 2.69. The minimum atomic E-state index is 0.361. The average molecular weight is 142 g/mol. The molecule has 4 N–H and O–H groups in total. The maximum Gasteiger partial charge on any atom is 0.00535 e. The maximum absolute atomic E-state index is 5.81. The van der Waals surface area contributed by atoms with Crippen molar-refractivity contribution in [3.63, 3.8) is 0 Å². The summed E-state index contributed by atoms with van der Waals surface area (Å²) in [6.45, 7) is 3.03. The van der Waals surface area contributed by atoms with E-state index in [-0.39, 0.29) is 0 Å².